The van der Waals surface area contributed by atoms with Crippen molar-refractivity contribution in [1.29, 1.82) is 0 Å². The number of anilines is 1. The van der Waals surface area contributed by atoms with Crippen LogP contribution in [0.2, 0.25) is 0 Å². The van der Waals surface area contributed by atoms with Crippen molar-refractivity contribution in [3.63, 3.8) is 0 Å². The summed E-state index contributed by atoms with van der Waals surface area (Å²) in [5.74, 6) is 1.28. The van der Waals surface area contributed by atoms with Crippen molar-refractivity contribution >= 4 is 11.6 Å². The summed E-state index contributed by atoms with van der Waals surface area (Å²) in [6, 6.07) is 6.17. The molecule has 1 aliphatic heterocycles. The topological polar surface area (TPSA) is 41.1 Å². The largest absolute Gasteiger partial charge is 0.326 e. The lowest BCUT2D eigenvalue weighted by Gasteiger charge is -2.27. The molecule has 1 fully saturated rings. The second-order valence-corrected chi connectivity index (χ2v) is 6.19. The van der Waals surface area contributed by atoms with Crippen LogP contribution >= 0.6 is 0 Å². The summed E-state index contributed by atoms with van der Waals surface area (Å²) in [7, 11) is 0. The lowest BCUT2D eigenvalue weighted by atomic mass is 9.84. The number of benzene rings is 1. The molecule has 1 aromatic carbocycles. The van der Waals surface area contributed by atoms with Crippen molar-refractivity contribution in [1.82, 2.24) is 5.32 Å². The predicted octanol–water partition coefficient (Wildman–Crippen LogP) is 3.27. The van der Waals surface area contributed by atoms with E-state index in [9.17, 15) is 4.79 Å². The molecule has 0 bridgehead atoms. The van der Waals surface area contributed by atoms with E-state index in [1.165, 1.54) is 24.0 Å². The highest BCUT2D eigenvalue weighted by molar-refractivity contribution is 5.91. The van der Waals surface area contributed by atoms with E-state index in [0.717, 1.165) is 18.8 Å². The molecule has 3 heteroatoms. The highest BCUT2D eigenvalue weighted by atomic mass is 16.1. The standard InChI is InChI=1S/C17H26N2O/c1-12-8-13(2)10-16(9-12)19-17(20)11-14(3)15-4-6-18-7-5-15/h8-10,14-15,18H,4-7,11H2,1-3H3,(H,19,20). The summed E-state index contributed by atoms with van der Waals surface area (Å²) in [6.07, 6.45) is 3.01. The number of piperidine rings is 1. The minimum Gasteiger partial charge on any atom is -0.326 e. The van der Waals surface area contributed by atoms with Crippen molar-refractivity contribution in [2.45, 2.75) is 40.0 Å². The third-order valence-electron chi connectivity index (χ3n) is 4.20. The van der Waals surface area contributed by atoms with Gasteiger partial charge in [-0.2, -0.15) is 0 Å². The second-order valence-electron chi connectivity index (χ2n) is 6.19. The number of hydrogen-bond acceptors (Lipinski definition) is 2. The maximum absolute atomic E-state index is 12.2. The summed E-state index contributed by atoms with van der Waals surface area (Å²) in [5, 5.41) is 6.41. The molecule has 1 unspecified atom stereocenters. The van der Waals surface area contributed by atoms with Gasteiger partial charge in [0.15, 0.2) is 0 Å². The van der Waals surface area contributed by atoms with Gasteiger partial charge in [0.05, 0.1) is 0 Å². The smallest absolute Gasteiger partial charge is 0.224 e. The van der Waals surface area contributed by atoms with Crippen molar-refractivity contribution < 1.29 is 4.79 Å². The number of amides is 1. The first-order chi connectivity index (χ1) is 9.54. The number of rotatable bonds is 4. The number of carbonyl (C=O) groups is 1. The average Bonchev–Trinajstić information content (AvgIpc) is 2.38. The van der Waals surface area contributed by atoms with Gasteiger partial charge in [-0.15, -0.1) is 0 Å². The highest BCUT2D eigenvalue weighted by Crippen LogP contribution is 2.25. The summed E-state index contributed by atoms with van der Waals surface area (Å²) in [4.78, 5) is 12.2. The molecule has 1 atom stereocenters. The first-order valence-corrected chi connectivity index (χ1v) is 7.63. The molecule has 1 aromatic rings. The molecule has 110 valence electrons. The lowest BCUT2D eigenvalue weighted by molar-refractivity contribution is -0.117. The molecule has 2 N–H and O–H groups in total. The lowest BCUT2D eigenvalue weighted by Crippen LogP contribution is -2.32. The summed E-state index contributed by atoms with van der Waals surface area (Å²) >= 11 is 0. The van der Waals surface area contributed by atoms with E-state index in [1.54, 1.807) is 0 Å². The van der Waals surface area contributed by atoms with Gasteiger partial charge in [0.2, 0.25) is 5.91 Å². The Hall–Kier alpha value is -1.35. The first kappa shape index (κ1) is 15.0. The summed E-state index contributed by atoms with van der Waals surface area (Å²) in [5.41, 5.74) is 3.29. The Morgan fingerprint density at radius 1 is 1.25 bits per heavy atom. The Balaban J connectivity index is 1.88. The van der Waals surface area contributed by atoms with Gasteiger partial charge < -0.3 is 10.6 Å². The average molecular weight is 274 g/mol. The van der Waals surface area contributed by atoms with Gasteiger partial charge in [-0.05, 0) is 74.9 Å². The SMILES string of the molecule is Cc1cc(C)cc(NC(=O)CC(C)C2CCNCC2)c1. The molecule has 1 saturated heterocycles. The fourth-order valence-electron chi connectivity index (χ4n) is 3.13. The van der Waals surface area contributed by atoms with Crippen LogP contribution in [0.3, 0.4) is 0 Å². The van der Waals surface area contributed by atoms with Crippen LogP contribution in [0.25, 0.3) is 0 Å². The van der Waals surface area contributed by atoms with Crippen molar-refractivity contribution in [2.24, 2.45) is 11.8 Å². The van der Waals surface area contributed by atoms with Crippen LogP contribution in [0.5, 0.6) is 0 Å². The van der Waals surface area contributed by atoms with E-state index in [1.807, 2.05) is 12.1 Å². The molecule has 0 aliphatic carbocycles. The van der Waals surface area contributed by atoms with Crippen LogP contribution in [0.4, 0.5) is 5.69 Å². The predicted molar refractivity (Wildman–Crippen MR) is 83.9 cm³/mol. The molecule has 0 aromatic heterocycles. The summed E-state index contributed by atoms with van der Waals surface area (Å²) < 4.78 is 0. The van der Waals surface area contributed by atoms with E-state index < -0.39 is 0 Å². The molecule has 1 amide bonds. The molecule has 0 spiro atoms. The van der Waals surface area contributed by atoms with Crippen molar-refractivity contribution in [3.8, 4) is 0 Å². The Bertz CT molecular complexity index is 444. The Morgan fingerprint density at radius 2 is 1.85 bits per heavy atom. The zero-order valence-corrected chi connectivity index (χ0v) is 12.8. The third kappa shape index (κ3) is 4.34. The highest BCUT2D eigenvalue weighted by Gasteiger charge is 2.21. The molecular weight excluding hydrogens is 248 g/mol. The molecule has 3 nitrogen and oxygen atoms in total. The van der Waals surface area contributed by atoms with E-state index in [0.29, 0.717) is 18.3 Å². The minimum atomic E-state index is 0.140. The fraction of sp³-hybridized carbons (Fsp3) is 0.588. The fourth-order valence-corrected chi connectivity index (χ4v) is 3.13. The van der Waals surface area contributed by atoms with E-state index in [4.69, 9.17) is 0 Å². The number of hydrogen-bond donors (Lipinski definition) is 2. The van der Waals surface area contributed by atoms with E-state index in [2.05, 4.69) is 37.5 Å². The van der Waals surface area contributed by atoms with Gasteiger partial charge in [-0.1, -0.05) is 13.0 Å². The molecule has 1 aliphatic rings. The van der Waals surface area contributed by atoms with Gasteiger partial charge in [0.1, 0.15) is 0 Å². The van der Waals surface area contributed by atoms with Crippen LogP contribution in [0, 0.1) is 25.7 Å². The quantitative estimate of drug-likeness (QED) is 0.884. The zero-order valence-electron chi connectivity index (χ0n) is 12.8. The van der Waals surface area contributed by atoms with Crippen LogP contribution in [0.1, 0.15) is 37.3 Å². The van der Waals surface area contributed by atoms with Gasteiger partial charge in [0, 0.05) is 12.1 Å². The van der Waals surface area contributed by atoms with Crippen molar-refractivity contribution in [2.75, 3.05) is 18.4 Å². The maximum atomic E-state index is 12.2. The van der Waals surface area contributed by atoms with Gasteiger partial charge in [-0.3, -0.25) is 4.79 Å². The van der Waals surface area contributed by atoms with Gasteiger partial charge in [-0.25, -0.2) is 0 Å². The van der Waals surface area contributed by atoms with E-state index >= 15 is 0 Å². The van der Waals surface area contributed by atoms with Crippen LogP contribution in [-0.4, -0.2) is 19.0 Å². The van der Waals surface area contributed by atoms with Crippen molar-refractivity contribution in [3.05, 3.63) is 29.3 Å². The molecular formula is C17H26N2O. The van der Waals surface area contributed by atoms with Crippen LogP contribution in [0.15, 0.2) is 18.2 Å². The number of nitrogens with one attached hydrogen (secondary N) is 2. The van der Waals surface area contributed by atoms with Crippen LogP contribution < -0.4 is 10.6 Å². The Kier molecular flexibility index (Phi) is 5.18. The molecule has 2 rings (SSSR count). The molecule has 20 heavy (non-hydrogen) atoms. The normalized spacial score (nSPS) is 17.8. The van der Waals surface area contributed by atoms with Gasteiger partial charge in [0.25, 0.3) is 0 Å². The minimum absolute atomic E-state index is 0.140. The van der Waals surface area contributed by atoms with Crippen LogP contribution in [-0.2, 0) is 4.79 Å². The second kappa shape index (κ2) is 6.89. The Labute approximate surface area is 122 Å². The van der Waals surface area contributed by atoms with Gasteiger partial charge >= 0.3 is 0 Å². The summed E-state index contributed by atoms with van der Waals surface area (Å²) in [6.45, 7) is 8.50. The Morgan fingerprint density at radius 3 is 2.45 bits per heavy atom. The maximum Gasteiger partial charge on any atom is 0.224 e. The monoisotopic (exact) mass is 274 g/mol. The first-order valence-electron chi connectivity index (χ1n) is 7.63. The third-order valence-corrected chi connectivity index (χ3v) is 4.20. The number of aryl methyl sites for hydroxylation is 2. The molecule has 1 heterocycles. The zero-order chi connectivity index (χ0) is 14.5. The number of carbonyl (C=O) groups excluding carboxylic acids is 1. The van der Waals surface area contributed by atoms with E-state index in [-0.39, 0.29) is 5.91 Å². The molecule has 0 saturated carbocycles. The molecule has 0 radical (unpaired) electrons.